The Morgan fingerprint density at radius 1 is 1.14 bits per heavy atom. The van der Waals surface area contributed by atoms with Crippen LogP contribution in [-0.4, -0.2) is 48.5 Å². The minimum absolute atomic E-state index is 0.0562. The number of benzene rings is 1. The Bertz CT molecular complexity index is 1490. The Kier molecular flexibility index (Phi) is 6.25. The van der Waals surface area contributed by atoms with Crippen LogP contribution >= 0.6 is 0 Å². The number of rotatable bonds is 5. The van der Waals surface area contributed by atoms with E-state index in [0.29, 0.717) is 41.4 Å². The number of aryl methyl sites for hydroxylation is 1. The number of anilines is 1. The molecular weight excluding hydrogens is 483 g/mol. The number of carbonyl (C=O) groups is 1. The molecule has 1 atom stereocenters. The number of piperidine rings is 1. The fraction of sp³-hybridized carbons (Fsp3) is 0.423. The maximum Gasteiger partial charge on any atom is 0.266 e. The molecule has 0 radical (unpaired) electrons. The molecule has 1 amide bonds. The Morgan fingerprint density at radius 3 is 2.51 bits per heavy atom. The molecule has 0 bridgehead atoms. The SMILES string of the molecule is CC(=O)N1CCC(C)(c2cc3c(N[C@H](C)c4cccc(C(F)F)c4F)nc(C)nc3n3cnnc23)CC1. The number of pyridine rings is 1. The van der Waals surface area contributed by atoms with Gasteiger partial charge < -0.3 is 10.2 Å². The molecule has 0 spiro atoms. The van der Waals surface area contributed by atoms with Gasteiger partial charge in [-0.3, -0.25) is 9.20 Å². The molecule has 1 aromatic carbocycles. The van der Waals surface area contributed by atoms with Gasteiger partial charge in [-0.2, -0.15) is 0 Å². The van der Waals surface area contributed by atoms with Crippen molar-refractivity contribution in [3.8, 4) is 0 Å². The summed E-state index contributed by atoms with van der Waals surface area (Å²) >= 11 is 0. The van der Waals surface area contributed by atoms with E-state index in [1.54, 1.807) is 27.1 Å². The molecule has 194 valence electrons. The summed E-state index contributed by atoms with van der Waals surface area (Å²) in [5.74, 6) is 0.0612. The average Bonchev–Trinajstić information content (AvgIpc) is 3.34. The first-order chi connectivity index (χ1) is 17.6. The summed E-state index contributed by atoms with van der Waals surface area (Å²) in [5, 5.41) is 12.4. The summed E-state index contributed by atoms with van der Waals surface area (Å²) in [7, 11) is 0. The van der Waals surface area contributed by atoms with Gasteiger partial charge >= 0.3 is 0 Å². The van der Waals surface area contributed by atoms with Crippen molar-refractivity contribution >= 4 is 28.4 Å². The third kappa shape index (κ3) is 4.36. The second kappa shape index (κ2) is 9.28. The van der Waals surface area contributed by atoms with Crippen LogP contribution in [0.2, 0.25) is 0 Å². The zero-order valence-electron chi connectivity index (χ0n) is 21.1. The normalized spacial score (nSPS) is 16.5. The fourth-order valence-corrected chi connectivity index (χ4v) is 5.16. The van der Waals surface area contributed by atoms with Crippen molar-refractivity contribution in [2.24, 2.45) is 0 Å². The summed E-state index contributed by atoms with van der Waals surface area (Å²) in [6.45, 7) is 8.45. The molecule has 37 heavy (non-hydrogen) atoms. The largest absolute Gasteiger partial charge is 0.363 e. The number of likely N-dealkylation sites (tertiary alicyclic amines) is 1. The molecule has 1 aliphatic heterocycles. The van der Waals surface area contributed by atoms with Crippen molar-refractivity contribution in [2.75, 3.05) is 18.4 Å². The lowest BCUT2D eigenvalue weighted by Gasteiger charge is -2.39. The topological polar surface area (TPSA) is 88.3 Å². The second-order valence-corrected chi connectivity index (χ2v) is 9.92. The lowest BCUT2D eigenvalue weighted by molar-refractivity contribution is -0.130. The summed E-state index contributed by atoms with van der Waals surface area (Å²) < 4.78 is 43.3. The van der Waals surface area contributed by atoms with Crippen molar-refractivity contribution < 1.29 is 18.0 Å². The zero-order chi connectivity index (χ0) is 26.5. The Balaban J connectivity index is 1.61. The van der Waals surface area contributed by atoms with E-state index in [0.717, 1.165) is 24.5 Å². The molecular formula is C26H28F3N7O. The maximum atomic E-state index is 14.9. The molecule has 5 rings (SSSR count). The fourth-order valence-electron chi connectivity index (χ4n) is 5.16. The first kappa shape index (κ1) is 24.9. The number of aromatic nitrogens is 5. The lowest BCUT2D eigenvalue weighted by atomic mass is 9.74. The number of nitrogens with one attached hydrogen (secondary N) is 1. The van der Waals surface area contributed by atoms with Gasteiger partial charge in [-0.1, -0.05) is 25.1 Å². The number of halogens is 3. The number of alkyl halides is 2. The van der Waals surface area contributed by atoms with Gasteiger partial charge in [0.25, 0.3) is 6.43 Å². The van der Waals surface area contributed by atoms with Crippen LogP contribution in [0.15, 0.2) is 30.6 Å². The summed E-state index contributed by atoms with van der Waals surface area (Å²) in [6, 6.07) is 5.35. The minimum Gasteiger partial charge on any atom is -0.363 e. The number of amides is 1. The van der Waals surface area contributed by atoms with Gasteiger partial charge in [0.05, 0.1) is 17.0 Å². The molecule has 1 N–H and O–H groups in total. The standard InChI is InChI=1S/C26H28F3N7O/c1-14(17-6-5-7-18(21(17)27)22(28)29)31-23-19-12-20(26(4)8-10-35(11-9-26)16(3)37)25-34-30-13-36(25)24(19)33-15(2)32-23/h5-7,12-14,22H,8-11H2,1-4H3,(H,31,32,33)/t14-/m1/s1. The molecule has 4 aromatic rings. The van der Waals surface area contributed by atoms with Crippen molar-refractivity contribution in [1.29, 1.82) is 0 Å². The van der Waals surface area contributed by atoms with Crippen LogP contribution in [0, 0.1) is 12.7 Å². The predicted molar refractivity (Wildman–Crippen MR) is 133 cm³/mol. The van der Waals surface area contributed by atoms with Crippen LogP contribution in [0.4, 0.5) is 19.0 Å². The second-order valence-electron chi connectivity index (χ2n) is 9.92. The molecule has 1 saturated heterocycles. The van der Waals surface area contributed by atoms with Gasteiger partial charge in [-0.25, -0.2) is 23.1 Å². The van der Waals surface area contributed by atoms with Gasteiger partial charge in [0.15, 0.2) is 11.3 Å². The van der Waals surface area contributed by atoms with E-state index < -0.39 is 23.8 Å². The molecule has 1 aliphatic rings. The molecule has 0 saturated carbocycles. The first-order valence-corrected chi connectivity index (χ1v) is 12.2. The number of hydrogen-bond donors (Lipinski definition) is 1. The minimum atomic E-state index is -2.91. The van der Waals surface area contributed by atoms with Gasteiger partial charge in [0, 0.05) is 31.1 Å². The van der Waals surface area contributed by atoms with E-state index in [1.807, 2.05) is 15.4 Å². The van der Waals surface area contributed by atoms with Crippen LogP contribution < -0.4 is 5.32 Å². The van der Waals surface area contributed by atoms with E-state index in [2.05, 4.69) is 32.4 Å². The summed E-state index contributed by atoms with van der Waals surface area (Å²) in [6.07, 6.45) is 0.186. The van der Waals surface area contributed by atoms with E-state index in [4.69, 9.17) is 0 Å². The summed E-state index contributed by atoms with van der Waals surface area (Å²) in [4.78, 5) is 22.9. The van der Waals surface area contributed by atoms with Crippen LogP contribution in [-0.2, 0) is 10.2 Å². The highest BCUT2D eigenvalue weighted by Crippen LogP contribution is 2.40. The third-order valence-electron chi connectivity index (χ3n) is 7.42. The predicted octanol–water partition coefficient (Wildman–Crippen LogP) is 5.13. The number of carbonyl (C=O) groups excluding carboxylic acids is 1. The Hall–Kier alpha value is -3.76. The van der Waals surface area contributed by atoms with Gasteiger partial charge in [0.1, 0.15) is 23.8 Å². The van der Waals surface area contributed by atoms with Gasteiger partial charge in [0.2, 0.25) is 5.91 Å². The van der Waals surface area contributed by atoms with Crippen molar-refractivity contribution in [3.05, 3.63) is 58.9 Å². The van der Waals surface area contributed by atoms with Crippen LogP contribution in [0.5, 0.6) is 0 Å². The highest BCUT2D eigenvalue weighted by atomic mass is 19.3. The molecule has 4 heterocycles. The zero-order valence-corrected chi connectivity index (χ0v) is 21.1. The smallest absolute Gasteiger partial charge is 0.266 e. The number of fused-ring (bicyclic) bond motifs is 3. The highest BCUT2D eigenvalue weighted by Gasteiger charge is 2.35. The maximum absolute atomic E-state index is 14.9. The number of nitrogens with zero attached hydrogens (tertiary/aromatic N) is 6. The molecule has 11 heteroatoms. The van der Waals surface area contributed by atoms with E-state index in [9.17, 15) is 18.0 Å². The van der Waals surface area contributed by atoms with Crippen molar-refractivity contribution in [3.63, 3.8) is 0 Å². The first-order valence-electron chi connectivity index (χ1n) is 12.2. The highest BCUT2D eigenvalue weighted by molar-refractivity contribution is 5.90. The summed E-state index contributed by atoms with van der Waals surface area (Å²) in [5.41, 5.74) is 1.43. The molecule has 0 aliphatic carbocycles. The van der Waals surface area contributed by atoms with E-state index >= 15 is 0 Å². The van der Waals surface area contributed by atoms with Gasteiger partial charge in [-0.15, -0.1) is 10.2 Å². The lowest BCUT2D eigenvalue weighted by Crippen LogP contribution is -2.43. The number of hydrogen-bond acceptors (Lipinski definition) is 6. The van der Waals surface area contributed by atoms with Crippen LogP contribution in [0.3, 0.4) is 0 Å². The van der Waals surface area contributed by atoms with Gasteiger partial charge in [-0.05, 0) is 38.2 Å². The molecule has 1 fully saturated rings. The van der Waals surface area contributed by atoms with E-state index in [1.165, 1.54) is 12.1 Å². The average molecular weight is 512 g/mol. The Morgan fingerprint density at radius 2 is 1.84 bits per heavy atom. The van der Waals surface area contributed by atoms with Crippen molar-refractivity contribution in [2.45, 2.75) is 58.4 Å². The van der Waals surface area contributed by atoms with Crippen LogP contribution in [0.25, 0.3) is 16.7 Å². The van der Waals surface area contributed by atoms with Crippen LogP contribution in [0.1, 0.15) is 68.6 Å². The van der Waals surface area contributed by atoms with E-state index in [-0.39, 0.29) is 16.9 Å². The molecule has 8 nitrogen and oxygen atoms in total. The molecule has 3 aromatic heterocycles. The third-order valence-corrected chi connectivity index (χ3v) is 7.42. The Labute approximate surface area is 211 Å². The quantitative estimate of drug-likeness (QED) is 0.400. The molecule has 0 unspecified atom stereocenters. The van der Waals surface area contributed by atoms with Crippen molar-refractivity contribution in [1.82, 2.24) is 29.5 Å². The monoisotopic (exact) mass is 511 g/mol.